The zero-order valence-corrected chi connectivity index (χ0v) is 40.4. The molecule has 0 aromatic rings. The molecule has 6 nitrogen and oxygen atoms in total. The van der Waals surface area contributed by atoms with Crippen LogP contribution in [0.25, 0.3) is 0 Å². The van der Waals surface area contributed by atoms with Gasteiger partial charge >= 0.3 is 17.9 Å². The standard InChI is InChI=1S/C53H102O6/c1-6-8-9-10-11-12-13-14-15-16-17-18-19-20-25-28-35-40-45-53(56)59-50(47-58-52(55)44-39-34-30-29-31-36-41-48(3)4)46-57-51(54)43-38-33-27-24-22-21-23-26-32-37-42-49(5)7-2/h48-50H,6-47H2,1-5H3/t49?,50-/m1/s1. The van der Waals surface area contributed by atoms with Crippen molar-refractivity contribution in [2.24, 2.45) is 11.8 Å². The molecule has 0 saturated carbocycles. The molecular weight excluding hydrogens is 733 g/mol. The van der Waals surface area contributed by atoms with Gasteiger partial charge < -0.3 is 14.2 Å². The van der Waals surface area contributed by atoms with E-state index in [9.17, 15) is 14.4 Å². The van der Waals surface area contributed by atoms with Crippen LogP contribution in [0.2, 0.25) is 0 Å². The zero-order chi connectivity index (χ0) is 43.3. The van der Waals surface area contributed by atoms with Crippen LogP contribution in [0.5, 0.6) is 0 Å². The SMILES string of the molecule is CCCCCCCCCCCCCCCCCCCCC(=O)O[C@H](COC(=O)CCCCCCCCCCCCC(C)CC)COC(=O)CCCCCCCCC(C)C. The van der Waals surface area contributed by atoms with Gasteiger partial charge in [0, 0.05) is 19.3 Å². The van der Waals surface area contributed by atoms with Crippen LogP contribution in [-0.4, -0.2) is 37.2 Å². The van der Waals surface area contributed by atoms with Crippen LogP contribution in [0, 0.1) is 11.8 Å². The third-order valence-corrected chi connectivity index (χ3v) is 12.3. The van der Waals surface area contributed by atoms with Gasteiger partial charge in [-0.2, -0.15) is 0 Å². The van der Waals surface area contributed by atoms with Gasteiger partial charge in [0.1, 0.15) is 13.2 Å². The van der Waals surface area contributed by atoms with Crippen LogP contribution in [0.4, 0.5) is 0 Å². The summed E-state index contributed by atoms with van der Waals surface area (Å²) in [5, 5.41) is 0. The van der Waals surface area contributed by atoms with Gasteiger partial charge in [-0.1, -0.05) is 253 Å². The highest BCUT2D eigenvalue weighted by Gasteiger charge is 2.19. The fourth-order valence-electron chi connectivity index (χ4n) is 7.96. The van der Waals surface area contributed by atoms with Crippen molar-refractivity contribution in [2.75, 3.05) is 13.2 Å². The summed E-state index contributed by atoms with van der Waals surface area (Å²) in [5.74, 6) is 0.780. The van der Waals surface area contributed by atoms with E-state index in [0.29, 0.717) is 19.3 Å². The Morgan fingerprint density at radius 2 is 0.644 bits per heavy atom. The van der Waals surface area contributed by atoms with E-state index in [1.165, 1.54) is 180 Å². The molecule has 6 heteroatoms. The number of unbranched alkanes of at least 4 members (excludes halogenated alkanes) is 31. The molecule has 0 heterocycles. The molecule has 2 atom stereocenters. The molecule has 0 aliphatic rings. The molecule has 59 heavy (non-hydrogen) atoms. The summed E-state index contributed by atoms with van der Waals surface area (Å²) in [5.41, 5.74) is 0. The number of rotatable bonds is 47. The van der Waals surface area contributed by atoms with Crippen LogP contribution in [-0.2, 0) is 28.6 Å². The molecule has 0 aromatic heterocycles. The average molecular weight is 835 g/mol. The number of carbonyl (C=O) groups excluding carboxylic acids is 3. The molecule has 0 aliphatic carbocycles. The first-order valence-electron chi connectivity index (χ1n) is 26.3. The predicted octanol–water partition coefficient (Wildman–Crippen LogP) is 16.9. The highest BCUT2D eigenvalue weighted by molar-refractivity contribution is 5.71. The minimum Gasteiger partial charge on any atom is -0.462 e. The molecule has 0 bridgehead atoms. The van der Waals surface area contributed by atoms with E-state index in [-0.39, 0.29) is 31.1 Å². The van der Waals surface area contributed by atoms with Crippen molar-refractivity contribution in [3.63, 3.8) is 0 Å². The molecule has 0 rings (SSSR count). The number of ether oxygens (including phenoxy) is 3. The largest absolute Gasteiger partial charge is 0.462 e. The number of hydrogen-bond acceptors (Lipinski definition) is 6. The second-order valence-corrected chi connectivity index (χ2v) is 18.9. The van der Waals surface area contributed by atoms with Crippen molar-refractivity contribution >= 4 is 17.9 Å². The van der Waals surface area contributed by atoms with E-state index in [4.69, 9.17) is 14.2 Å². The Morgan fingerprint density at radius 1 is 0.356 bits per heavy atom. The highest BCUT2D eigenvalue weighted by Crippen LogP contribution is 2.18. The summed E-state index contributed by atoms with van der Waals surface area (Å²) in [6, 6.07) is 0. The van der Waals surface area contributed by atoms with E-state index >= 15 is 0 Å². The highest BCUT2D eigenvalue weighted by atomic mass is 16.6. The maximum Gasteiger partial charge on any atom is 0.306 e. The van der Waals surface area contributed by atoms with E-state index < -0.39 is 6.10 Å². The summed E-state index contributed by atoms with van der Waals surface area (Å²) in [6.45, 7) is 11.3. The second-order valence-electron chi connectivity index (χ2n) is 18.9. The van der Waals surface area contributed by atoms with Crippen LogP contribution in [0.3, 0.4) is 0 Å². The lowest BCUT2D eigenvalue weighted by Crippen LogP contribution is -2.30. The molecule has 0 N–H and O–H groups in total. The molecule has 350 valence electrons. The molecule has 0 amide bonds. The summed E-state index contributed by atoms with van der Waals surface area (Å²) in [7, 11) is 0. The summed E-state index contributed by atoms with van der Waals surface area (Å²) in [6.07, 6.45) is 46.7. The first-order valence-corrected chi connectivity index (χ1v) is 26.3. The van der Waals surface area contributed by atoms with Gasteiger partial charge in [-0.15, -0.1) is 0 Å². The van der Waals surface area contributed by atoms with Gasteiger partial charge in [0.2, 0.25) is 0 Å². The smallest absolute Gasteiger partial charge is 0.306 e. The molecule has 0 aliphatic heterocycles. The van der Waals surface area contributed by atoms with Crippen molar-refractivity contribution in [1.82, 2.24) is 0 Å². The lowest BCUT2D eigenvalue weighted by Gasteiger charge is -2.18. The minimum absolute atomic E-state index is 0.0648. The third kappa shape index (κ3) is 45.8. The predicted molar refractivity (Wildman–Crippen MR) is 252 cm³/mol. The van der Waals surface area contributed by atoms with Crippen molar-refractivity contribution in [2.45, 2.75) is 298 Å². The van der Waals surface area contributed by atoms with Crippen LogP contribution in [0.15, 0.2) is 0 Å². The normalized spacial score (nSPS) is 12.5. The number of carbonyl (C=O) groups is 3. The average Bonchev–Trinajstić information content (AvgIpc) is 3.22. The van der Waals surface area contributed by atoms with Gasteiger partial charge in [-0.3, -0.25) is 14.4 Å². The van der Waals surface area contributed by atoms with Crippen LogP contribution >= 0.6 is 0 Å². The number of hydrogen-bond donors (Lipinski definition) is 0. The maximum absolute atomic E-state index is 12.8. The quantitative estimate of drug-likeness (QED) is 0.0345. The Labute approximate surface area is 368 Å². The Balaban J connectivity index is 4.26. The topological polar surface area (TPSA) is 78.9 Å². The summed E-state index contributed by atoms with van der Waals surface area (Å²) < 4.78 is 16.8. The van der Waals surface area contributed by atoms with Gasteiger partial charge in [-0.25, -0.2) is 0 Å². The van der Waals surface area contributed by atoms with Gasteiger partial charge in [0.05, 0.1) is 0 Å². The second kappa shape index (κ2) is 45.9. The van der Waals surface area contributed by atoms with E-state index in [2.05, 4.69) is 34.6 Å². The first-order chi connectivity index (χ1) is 28.8. The van der Waals surface area contributed by atoms with E-state index in [0.717, 1.165) is 69.6 Å². The molecule has 1 unspecified atom stereocenters. The first kappa shape index (κ1) is 57.4. The van der Waals surface area contributed by atoms with Gasteiger partial charge in [-0.05, 0) is 31.1 Å². The summed E-state index contributed by atoms with van der Waals surface area (Å²) >= 11 is 0. The Morgan fingerprint density at radius 3 is 0.966 bits per heavy atom. The zero-order valence-electron chi connectivity index (χ0n) is 40.4. The van der Waals surface area contributed by atoms with E-state index in [1.807, 2.05) is 0 Å². The van der Waals surface area contributed by atoms with Gasteiger partial charge in [0.15, 0.2) is 6.10 Å². The molecule has 0 spiro atoms. The lowest BCUT2D eigenvalue weighted by molar-refractivity contribution is -0.167. The lowest BCUT2D eigenvalue weighted by atomic mass is 9.99. The fraction of sp³-hybridized carbons (Fsp3) is 0.943. The molecular formula is C53H102O6. The molecule has 0 fully saturated rings. The van der Waals surface area contributed by atoms with E-state index in [1.54, 1.807) is 0 Å². The van der Waals surface area contributed by atoms with Crippen LogP contribution in [0.1, 0.15) is 291 Å². The third-order valence-electron chi connectivity index (χ3n) is 12.3. The van der Waals surface area contributed by atoms with Crippen LogP contribution < -0.4 is 0 Å². The molecule has 0 radical (unpaired) electrons. The Kier molecular flexibility index (Phi) is 44.7. The Hall–Kier alpha value is -1.59. The number of esters is 3. The maximum atomic E-state index is 12.8. The molecule has 0 aromatic carbocycles. The van der Waals surface area contributed by atoms with Crippen molar-refractivity contribution in [3.8, 4) is 0 Å². The minimum atomic E-state index is -0.762. The van der Waals surface area contributed by atoms with Gasteiger partial charge in [0.25, 0.3) is 0 Å². The monoisotopic (exact) mass is 835 g/mol. The fourth-order valence-corrected chi connectivity index (χ4v) is 7.96. The Bertz CT molecular complexity index is 902. The molecule has 0 saturated heterocycles. The van der Waals surface area contributed by atoms with Crippen molar-refractivity contribution in [1.29, 1.82) is 0 Å². The van der Waals surface area contributed by atoms with Crippen molar-refractivity contribution < 1.29 is 28.6 Å². The van der Waals surface area contributed by atoms with Crippen molar-refractivity contribution in [3.05, 3.63) is 0 Å². The summed E-state index contributed by atoms with van der Waals surface area (Å²) in [4.78, 5) is 37.9.